The smallest absolute Gasteiger partial charge is 0.407 e. The van der Waals surface area contributed by atoms with Crippen molar-refractivity contribution in [2.75, 3.05) is 27.2 Å². The second kappa shape index (κ2) is 10.1. The zero-order valence-electron chi connectivity index (χ0n) is 21.2. The Kier molecular flexibility index (Phi) is 7.55. The van der Waals surface area contributed by atoms with E-state index in [1.807, 2.05) is 36.4 Å². The van der Waals surface area contributed by atoms with Gasteiger partial charge in [0.2, 0.25) is 5.91 Å². The molecule has 1 aliphatic carbocycles. The number of hydrogen-bond donors (Lipinski definition) is 3. The lowest BCUT2D eigenvalue weighted by Gasteiger charge is -2.39. The highest BCUT2D eigenvalue weighted by Crippen LogP contribution is 2.44. The first kappa shape index (κ1) is 26.2. The number of fused-ring (bicyclic) bond motifs is 3. The topological polar surface area (TPSA) is 108 Å². The molecule has 1 atom stereocenters. The molecule has 3 N–H and O–H groups in total. The summed E-state index contributed by atoms with van der Waals surface area (Å²) in [5.41, 5.74) is 2.16. The van der Waals surface area contributed by atoms with Crippen molar-refractivity contribution in [3.63, 3.8) is 0 Å². The van der Waals surface area contributed by atoms with E-state index in [9.17, 15) is 19.5 Å². The molecule has 0 saturated carbocycles. The quantitative estimate of drug-likeness (QED) is 0.506. The fourth-order valence-corrected chi connectivity index (χ4v) is 4.16. The molecule has 1 aliphatic rings. The van der Waals surface area contributed by atoms with E-state index in [1.54, 1.807) is 46.7 Å². The van der Waals surface area contributed by atoms with Crippen molar-refractivity contribution in [1.29, 1.82) is 0 Å². The van der Waals surface area contributed by atoms with Crippen molar-refractivity contribution in [1.82, 2.24) is 15.5 Å². The van der Waals surface area contributed by atoms with Crippen LogP contribution >= 0.6 is 0 Å². The van der Waals surface area contributed by atoms with Gasteiger partial charge in [-0.15, -0.1) is 0 Å². The molecule has 0 heterocycles. The first-order chi connectivity index (χ1) is 16.3. The van der Waals surface area contributed by atoms with Crippen LogP contribution in [-0.4, -0.2) is 66.8 Å². The summed E-state index contributed by atoms with van der Waals surface area (Å²) in [6, 6.07) is 15.2. The molecule has 2 aromatic rings. The molecule has 0 fully saturated rings. The average molecular weight is 482 g/mol. The van der Waals surface area contributed by atoms with Crippen LogP contribution in [0.15, 0.2) is 48.5 Å². The number of likely N-dealkylation sites (N-methyl/N-ethyl adjacent to an activating group) is 1. The van der Waals surface area contributed by atoms with Gasteiger partial charge in [0.15, 0.2) is 0 Å². The van der Waals surface area contributed by atoms with Gasteiger partial charge >= 0.3 is 12.1 Å². The maximum Gasteiger partial charge on any atom is 0.407 e. The molecule has 35 heavy (non-hydrogen) atoms. The number of alkyl carbamates (subject to hydrolysis) is 1. The van der Waals surface area contributed by atoms with Crippen molar-refractivity contribution in [2.24, 2.45) is 5.41 Å². The van der Waals surface area contributed by atoms with Gasteiger partial charge in [0.25, 0.3) is 0 Å². The van der Waals surface area contributed by atoms with Crippen molar-refractivity contribution in [3.05, 3.63) is 59.7 Å². The van der Waals surface area contributed by atoms with Crippen LogP contribution in [0.4, 0.5) is 4.79 Å². The maximum absolute atomic E-state index is 13.1. The van der Waals surface area contributed by atoms with Crippen molar-refractivity contribution in [2.45, 2.75) is 45.2 Å². The Balaban J connectivity index is 1.70. The second-order valence-corrected chi connectivity index (χ2v) is 10.3. The lowest BCUT2D eigenvalue weighted by molar-refractivity contribution is -0.152. The van der Waals surface area contributed by atoms with Crippen LogP contribution in [-0.2, 0) is 14.3 Å². The van der Waals surface area contributed by atoms with E-state index >= 15 is 0 Å². The third kappa shape index (κ3) is 5.48. The summed E-state index contributed by atoms with van der Waals surface area (Å²) in [6.07, 6.45) is -0.704. The minimum atomic E-state index is -1.23. The number of amides is 2. The summed E-state index contributed by atoms with van der Waals surface area (Å²) >= 11 is 0. The fraction of sp³-hybridized carbons (Fsp3) is 0.444. The lowest BCUT2D eigenvalue weighted by Crippen LogP contribution is -2.62. The third-order valence-electron chi connectivity index (χ3n) is 7.03. The van der Waals surface area contributed by atoms with Crippen LogP contribution in [0.25, 0.3) is 11.1 Å². The first-order valence-electron chi connectivity index (χ1n) is 11.7. The molecule has 0 bridgehead atoms. The Morgan fingerprint density at radius 3 is 1.97 bits per heavy atom. The summed E-state index contributed by atoms with van der Waals surface area (Å²) in [5.74, 6) is -1.60. The lowest BCUT2D eigenvalue weighted by atomic mass is 9.74. The SMILES string of the molecule is CN(C)CC(NC(=O)OCC1c2ccccc2-c2ccccc21)C(=O)NC(C)(C)C(C)(C)C(=O)O. The number of carbonyl (C=O) groups is 3. The number of carboxylic acid groups (broad SMARTS) is 1. The normalized spacial score (nSPS) is 14.1. The van der Waals surface area contributed by atoms with E-state index < -0.39 is 35.0 Å². The molecule has 0 saturated heterocycles. The minimum absolute atomic E-state index is 0.0930. The maximum atomic E-state index is 13.1. The summed E-state index contributed by atoms with van der Waals surface area (Å²) < 4.78 is 5.59. The molecular formula is C27H35N3O5. The van der Waals surface area contributed by atoms with Gasteiger partial charge in [-0.3, -0.25) is 9.59 Å². The average Bonchev–Trinajstić information content (AvgIpc) is 3.10. The van der Waals surface area contributed by atoms with Crippen LogP contribution < -0.4 is 10.6 Å². The Bertz CT molecular complexity index is 1060. The molecule has 0 aromatic heterocycles. The van der Waals surface area contributed by atoms with Gasteiger partial charge in [-0.05, 0) is 64.0 Å². The van der Waals surface area contributed by atoms with Crippen LogP contribution in [0.3, 0.4) is 0 Å². The van der Waals surface area contributed by atoms with Crippen molar-refractivity contribution < 1.29 is 24.2 Å². The fourth-order valence-electron chi connectivity index (χ4n) is 4.16. The van der Waals surface area contributed by atoms with Gasteiger partial charge < -0.3 is 25.4 Å². The van der Waals surface area contributed by atoms with E-state index in [1.165, 1.54) is 0 Å². The van der Waals surface area contributed by atoms with Crippen molar-refractivity contribution >= 4 is 18.0 Å². The molecule has 188 valence electrons. The Labute approximate surface area is 206 Å². The van der Waals surface area contributed by atoms with Crippen molar-refractivity contribution in [3.8, 4) is 11.1 Å². The van der Waals surface area contributed by atoms with E-state index in [0.717, 1.165) is 22.3 Å². The number of carboxylic acids is 1. The Morgan fingerprint density at radius 2 is 1.49 bits per heavy atom. The van der Waals surface area contributed by atoms with Gasteiger partial charge in [-0.1, -0.05) is 48.5 Å². The minimum Gasteiger partial charge on any atom is -0.481 e. The number of hydrogen-bond acceptors (Lipinski definition) is 5. The standard InChI is InChI=1S/C27H35N3O5/c1-26(2,24(32)33)27(3,4)29-23(31)22(15-30(5)6)28-25(34)35-16-21-19-13-9-7-11-17(19)18-12-8-10-14-20(18)21/h7-14,21-22H,15-16H2,1-6H3,(H,28,34)(H,29,31)(H,32,33). The second-order valence-electron chi connectivity index (χ2n) is 10.3. The summed E-state index contributed by atoms with van der Waals surface area (Å²) in [6.45, 7) is 6.76. The highest BCUT2D eigenvalue weighted by Gasteiger charge is 2.45. The third-order valence-corrected chi connectivity index (χ3v) is 7.03. The van der Waals surface area contributed by atoms with E-state index in [-0.39, 0.29) is 19.1 Å². The predicted molar refractivity (Wildman–Crippen MR) is 134 cm³/mol. The molecule has 8 heteroatoms. The number of aliphatic carboxylic acids is 1. The molecule has 0 radical (unpaired) electrons. The van der Waals surface area contributed by atoms with Gasteiger partial charge in [0, 0.05) is 12.5 Å². The van der Waals surface area contributed by atoms with Crippen LogP contribution in [0.2, 0.25) is 0 Å². The summed E-state index contributed by atoms with van der Waals surface area (Å²) in [4.78, 5) is 39.3. The summed E-state index contributed by atoms with van der Waals surface area (Å²) in [5, 5.41) is 15.0. The van der Waals surface area contributed by atoms with E-state index in [2.05, 4.69) is 22.8 Å². The number of benzene rings is 2. The molecule has 2 amide bonds. The molecule has 0 aliphatic heterocycles. The molecular weight excluding hydrogens is 446 g/mol. The van der Waals surface area contributed by atoms with Gasteiger partial charge in [-0.25, -0.2) is 4.79 Å². The number of rotatable bonds is 9. The van der Waals surface area contributed by atoms with Gasteiger partial charge in [-0.2, -0.15) is 0 Å². The number of carbonyl (C=O) groups excluding carboxylic acids is 2. The van der Waals surface area contributed by atoms with E-state index in [4.69, 9.17) is 4.74 Å². The molecule has 8 nitrogen and oxygen atoms in total. The summed E-state index contributed by atoms with van der Waals surface area (Å²) in [7, 11) is 3.57. The van der Waals surface area contributed by atoms with Gasteiger partial charge in [0.05, 0.1) is 11.0 Å². The van der Waals surface area contributed by atoms with Crippen LogP contribution in [0.5, 0.6) is 0 Å². The molecule has 3 rings (SSSR count). The zero-order valence-corrected chi connectivity index (χ0v) is 21.2. The number of ether oxygens (including phenoxy) is 1. The highest BCUT2D eigenvalue weighted by molar-refractivity contribution is 5.87. The zero-order chi connectivity index (χ0) is 26.0. The predicted octanol–water partition coefficient (Wildman–Crippen LogP) is 3.46. The molecule has 1 unspecified atom stereocenters. The Hall–Kier alpha value is -3.39. The number of nitrogens with one attached hydrogen (secondary N) is 2. The Morgan fingerprint density at radius 1 is 0.971 bits per heavy atom. The largest absolute Gasteiger partial charge is 0.481 e. The number of nitrogens with zero attached hydrogens (tertiary/aromatic N) is 1. The molecule has 2 aromatic carbocycles. The van der Waals surface area contributed by atoms with Crippen LogP contribution in [0.1, 0.15) is 44.7 Å². The monoisotopic (exact) mass is 481 g/mol. The van der Waals surface area contributed by atoms with Crippen LogP contribution in [0, 0.1) is 5.41 Å². The van der Waals surface area contributed by atoms with Gasteiger partial charge in [0.1, 0.15) is 12.6 Å². The molecule has 0 spiro atoms. The van der Waals surface area contributed by atoms with E-state index in [0.29, 0.717) is 0 Å². The highest BCUT2D eigenvalue weighted by atomic mass is 16.5. The first-order valence-corrected chi connectivity index (χ1v) is 11.7.